The Hall–Kier alpha value is -2.32. The molecule has 170 valence electrons. The third-order valence-corrected chi connectivity index (χ3v) is 7.11. The second-order valence-corrected chi connectivity index (χ2v) is 10.1. The van der Waals surface area contributed by atoms with E-state index in [1.54, 1.807) is 12.1 Å². The fourth-order valence-electron chi connectivity index (χ4n) is 3.67. The van der Waals surface area contributed by atoms with Crippen molar-refractivity contribution >= 4 is 40.2 Å². The predicted octanol–water partition coefficient (Wildman–Crippen LogP) is 5.11. The first kappa shape index (κ1) is 22.9. The summed E-state index contributed by atoms with van der Waals surface area (Å²) < 4.78 is 11.3. The van der Waals surface area contributed by atoms with Gasteiger partial charge in [0.2, 0.25) is 0 Å². The topological polar surface area (TPSA) is 54.4 Å². The molecule has 2 aromatic rings. The van der Waals surface area contributed by atoms with Crippen molar-refractivity contribution in [2.75, 3.05) is 42.4 Å². The highest BCUT2D eigenvalue weighted by atomic mass is 32.2. The summed E-state index contributed by atoms with van der Waals surface area (Å²) in [4.78, 5) is 14.9. The molecule has 0 aliphatic carbocycles. The number of carbonyl (C=O) groups excluding carboxylic acids is 1. The molecule has 6 nitrogen and oxygen atoms in total. The molecular formula is C24H29N3O3S2. The van der Waals surface area contributed by atoms with Crippen LogP contribution in [-0.4, -0.2) is 59.5 Å². The van der Waals surface area contributed by atoms with Crippen LogP contribution in [0, 0.1) is 0 Å². The quantitative estimate of drug-likeness (QED) is 0.559. The van der Waals surface area contributed by atoms with E-state index in [1.165, 1.54) is 29.0 Å². The zero-order valence-electron chi connectivity index (χ0n) is 18.7. The Morgan fingerprint density at radius 2 is 1.81 bits per heavy atom. The maximum atomic E-state index is 12.5. The Balaban J connectivity index is 1.50. The number of benzene rings is 2. The molecule has 2 aliphatic heterocycles. The van der Waals surface area contributed by atoms with Gasteiger partial charge >= 0.3 is 5.24 Å². The van der Waals surface area contributed by atoms with Gasteiger partial charge in [-0.3, -0.25) is 4.79 Å². The van der Waals surface area contributed by atoms with Gasteiger partial charge in [-0.05, 0) is 49.7 Å². The molecule has 8 heteroatoms. The summed E-state index contributed by atoms with van der Waals surface area (Å²) in [6.45, 7) is 6.59. The Labute approximate surface area is 198 Å². The molecule has 0 atom stereocenters. The molecule has 0 radical (unpaired) electrons. The van der Waals surface area contributed by atoms with Gasteiger partial charge in [0.25, 0.3) is 0 Å². The Morgan fingerprint density at radius 1 is 1.06 bits per heavy atom. The van der Waals surface area contributed by atoms with Gasteiger partial charge < -0.3 is 14.4 Å². The Kier molecular flexibility index (Phi) is 7.52. The third kappa shape index (κ3) is 5.53. The van der Waals surface area contributed by atoms with Gasteiger partial charge in [0.05, 0.1) is 25.5 Å². The number of carbonyl (C=O) groups is 1. The maximum absolute atomic E-state index is 12.5. The van der Waals surface area contributed by atoms with Crippen LogP contribution < -0.4 is 14.4 Å². The number of thioether (sulfide) groups is 2. The molecular weight excluding hydrogens is 442 g/mol. The van der Waals surface area contributed by atoms with Crippen molar-refractivity contribution in [3.8, 4) is 11.5 Å². The average Bonchev–Trinajstić information content (AvgIpc) is 2.81. The van der Waals surface area contributed by atoms with Crippen molar-refractivity contribution in [3.63, 3.8) is 0 Å². The van der Waals surface area contributed by atoms with E-state index < -0.39 is 0 Å². The van der Waals surface area contributed by atoms with E-state index in [-0.39, 0.29) is 11.3 Å². The minimum Gasteiger partial charge on any atom is -0.493 e. The van der Waals surface area contributed by atoms with Crippen LogP contribution in [0.25, 0.3) is 0 Å². The third-order valence-electron chi connectivity index (χ3n) is 5.29. The average molecular weight is 472 g/mol. The monoisotopic (exact) mass is 471 g/mol. The highest BCUT2D eigenvalue weighted by Gasteiger charge is 2.23. The highest BCUT2D eigenvalue weighted by molar-refractivity contribution is 8.14. The van der Waals surface area contributed by atoms with E-state index in [0.29, 0.717) is 23.8 Å². The van der Waals surface area contributed by atoms with Crippen LogP contribution in [0.1, 0.15) is 25.0 Å². The normalized spacial score (nSPS) is 16.9. The van der Waals surface area contributed by atoms with E-state index in [4.69, 9.17) is 9.47 Å². The first-order chi connectivity index (χ1) is 15.5. The molecule has 0 saturated carbocycles. The van der Waals surface area contributed by atoms with Crippen LogP contribution in [-0.2, 0) is 6.54 Å². The number of nitrogens with zero attached hydrogens (tertiary/aromatic N) is 3. The van der Waals surface area contributed by atoms with E-state index in [2.05, 4.69) is 34.3 Å². The van der Waals surface area contributed by atoms with Crippen molar-refractivity contribution in [3.05, 3.63) is 53.6 Å². The lowest BCUT2D eigenvalue weighted by Gasteiger charge is -2.29. The second kappa shape index (κ2) is 10.5. The summed E-state index contributed by atoms with van der Waals surface area (Å²) >= 11 is 3.28. The van der Waals surface area contributed by atoms with Crippen LogP contribution in [0.3, 0.4) is 0 Å². The first-order valence-corrected chi connectivity index (χ1v) is 13.0. The molecule has 32 heavy (non-hydrogen) atoms. The Bertz CT molecular complexity index is 973. The van der Waals surface area contributed by atoms with Crippen LogP contribution >= 0.6 is 23.5 Å². The molecule has 1 fully saturated rings. The number of ether oxygens (including phenoxy) is 2. The number of hydrogen-bond acceptors (Lipinski definition) is 7. The van der Waals surface area contributed by atoms with Crippen molar-refractivity contribution < 1.29 is 14.3 Å². The molecule has 0 bridgehead atoms. The number of hydrogen-bond donors (Lipinski definition) is 0. The first-order valence-electron chi connectivity index (χ1n) is 10.8. The minimum absolute atomic E-state index is 0.0296. The van der Waals surface area contributed by atoms with Gasteiger partial charge in [-0.15, -0.1) is 0 Å². The van der Waals surface area contributed by atoms with Gasteiger partial charge in [-0.2, -0.15) is 16.9 Å². The molecule has 0 N–H and O–H groups in total. The molecule has 0 spiro atoms. The number of hydrazone groups is 1. The van der Waals surface area contributed by atoms with Crippen LogP contribution in [0.2, 0.25) is 0 Å². The number of amides is 1. The van der Waals surface area contributed by atoms with E-state index in [0.717, 1.165) is 29.9 Å². The van der Waals surface area contributed by atoms with Crippen LogP contribution in [0.4, 0.5) is 10.5 Å². The van der Waals surface area contributed by atoms with Gasteiger partial charge in [0.15, 0.2) is 11.5 Å². The zero-order valence-corrected chi connectivity index (χ0v) is 20.4. The molecule has 1 saturated heterocycles. The van der Waals surface area contributed by atoms with Gasteiger partial charge in [0.1, 0.15) is 0 Å². The van der Waals surface area contributed by atoms with Gasteiger partial charge in [-0.25, -0.2) is 5.01 Å². The second-order valence-electron chi connectivity index (χ2n) is 7.96. The summed E-state index contributed by atoms with van der Waals surface area (Å²) in [7, 11) is 1.63. The molecule has 4 rings (SSSR count). The lowest BCUT2D eigenvalue weighted by Crippen LogP contribution is -2.32. The molecule has 0 aromatic heterocycles. The summed E-state index contributed by atoms with van der Waals surface area (Å²) in [6.07, 6.45) is 0.0339. The van der Waals surface area contributed by atoms with E-state index in [9.17, 15) is 4.79 Å². The predicted molar refractivity (Wildman–Crippen MR) is 135 cm³/mol. The smallest absolute Gasteiger partial charge is 0.302 e. The van der Waals surface area contributed by atoms with Crippen LogP contribution in [0.5, 0.6) is 11.5 Å². The molecule has 2 aromatic carbocycles. The fraction of sp³-hybridized carbons (Fsp3) is 0.417. The van der Waals surface area contributed by atoms with Crippen molar-refractivity contribution in [1.82, 2.24) is 5.01 Å². The fourth-order valence-corrected chi connectivity index (χ4v) is 5.31. The zero-order chi connectivity index (χ0) is 22.5. The Morgan fingerprint density at radius 3 is 2.50 bits per heavy atom. The molecule has 2 aliphatic rings. The van der Waals surface area contributed by atoms with E-state index >= 15 is 0 Å². The summed E-state index contributed by atoms with van der Waals surface area (Å²) in [5.74, 6) is 4.26. The largest absolute Gasteiger partial charge is 0.493 e. The van der Waals surface area contributed by atoms with E-state index in [1.807, 2.05) is 43.8 Å². The van der Waals surface area contributed by atoms with Crippen molar-refractivity contribution in [2.24, 2.45) is 5.10 Å². The molecule has 0 unspecified atom stereocenters. The lowest BCUT2D eigenvalue weighted by atomic mass is 10.1. The summed E-state index contributed by atoms with van der Waals surface area (Å²) in [5, 5.41) is 6.22. The maximum Gasteiger partial charge on any atom is 0.302 e. The number of rotatable bonds is 7. The lowest BCUT2D eigenvalue weighted by molar-refractivity contribution is 0.222. The van der Waals surface area contributed by atoms with Crippen molar-refractivity contribution in [1.29, 1.82) is 0 Å². The van der Waals surface area contributed by atoms with Gasteiger partial charge in [-0.1, -0.05) is 23.9 Å². The van der Waals surface area contributed by atoms with Gasteiger partial charge in [0, 0.05) is 41.6 Å². The summed E-state index contributed by atoms with van der Waals surface area (Å²) in [6, 6.07) is 14.3. The highest BCUT2D eigenvalue weighted by Crippen LogP contribution is 2.31. The molecule has 2 heterocycles. The number of methoxy groups -OCH3 is 1. The minimum atomic E-state index is -0.0296. The van der Waals surface area contributed by atoms with Crippen LogP contribution in [0.15, 0.2) is 47.6 Å². The summed E-state index contributed by atoms with van der Waals surface area (Å²) in [5.41, 5.74) is 4.10. The van der Waals surface area contributed by atoms with Crippen molar-refractivity contribution in [2.45, 2.75) is 26.5 Å². The number of anilines is 1. The SMILES string of the molecule is COc1ccc(C2=NN(Cc3ccc(N4CCSCC4)cc3)C(=O)SC2)cc1OC(C)C. The standard InChI is InChI=1S/C24H29N3O3S2/c1-17(2)30-23-14-19(6-9-22(23)29-3)21-16-32-24(28)27(25-21)15-18-4-7-20(8-5-18)26-10-12-31-13-11-26/h4-9,14,17H,10-13,15-16H2,1-3H3. The molecule has 1 amide bonds.